The van der Waals surface area contributed by atoms with Gasteiger partial charge in [-0.05, 0) is 24.2 Å². The van der Waals surface area contributed by atoms with Gasteiger partial charge in [0, 0.05) is 6.61 Å². The van der Waals surface area contributed by atoms with Gasteiger partial charge in [0.15, 0.2) is 0 Å². The molecule has 3 heteroatoms. The molecule has 0 heterocycles. The maximum Gasteiger partial charge on any atom is 0.204 e. The minimum atomic E-state index is 0.250. The topological polar surface area (TPSA) is 52.3 Å². The van der Waals surface area contributed by atoms with E-state index in [1.54, 1.807) is 0 Å². The lowest BCUT2D eigenvalue weighted by Crippen LogP contribution is -2.27. The summed E-state index contributed by atoms with van der Waals surface area (Å²) in [5.41, 5.74) is 4.93. The number of carbonyl (C=O) groups is 1. The van der Waals surface area contributed by atoms with Crippen molar-refractivity contribution in [3.05, 3.63) is 0 Å². The third kappa shape index (κ3) is 17.8. The van der Waals surface area contributed by atoms with Gasteiger partial charge in [-0.3, -0.25) is 4.79 Å². The summed E-state index contributed by atoms with van der Waals surface area (Å²) in [6.45, 7) is 19.3. The number of hydrogen-bond donors (Lipinski definition) is 1. The second-order valence-corrected chi connectivity index (χ2v) is 5.63. The Hall–Kier alpha value is -0.570. The first-order chi connectivity index (χ1) is 8.24. The van der Waals surface area contributed by atoms with Gasteiger partial charge in [0.05, 0.1) is 6.61 Å². The van der Waals surface area contributed by atoms with Crippen LogP contribution in [-0.4, -0.2) is 19.6 Å². The van der Waals surface area contributed by atoms with Crippen LogP contribution in [0.1, 0.15) is 68.2 Å². The number of amides is 1. The largest absolute Gasteiger partial charge is 0.381 e. The predicted molar refractivity (Wildman–Crippen MR) is 80.6 cm³/mol. The molecular formula is C15H35NO2. The van der Waals surface area contributed by atoms with E-state index in [1.165, 1.54) is 12.8 Å². The van der Waals surface area contributed by atoms with E-state index in [1.807, 2.05) is 13.8 Å². The van der Waals surface area contributed by atoms with Crippen molar-refractivity contribution in [1.82, 2.24) is 0 Å². The summed E-state index contributed by atoms with van der Waals surface area (Å²) in [5.74, 6) is 0. The zero-order valence-electron chi connectivity index (χ0n) is 13.8. The highest BCUT2D eigenvalue weighted by Gasteiger charge is 2.27. The second-order valence-electron chi connectivity index (χ2n) is 5.63. The molecular weight excluding hydrogens is 226 g/mol. The van der Waals surface area contributed by atoms with Crippen LogP contribution in [0.25, 0.3) is 0 Å². The molecule has 0 rings (SSSR count). The van der Waals surface area contributed by atoms with E-state index in [0.29, 0.717) is 10.8 Å². The maximum absolute atomic E-state index is 8.58. The Balaban J connectivity index is -0.000000389. The van der Waals surface area contributed by atoms with Crippen molar-refractivity contribution in [1.29, 1.82) is 0 Å². The highest BCUT2D eigenvalue weighted by Crippen LogP contribution is 2.35. The Kier molecular flexibility index (Phi) is 16.2. The lowest BCUT2D eigenvalue weighted by molar-refractivity contribution is -0.106. The smallest absolute Gasteiger partial charge is 0.204 e. The lowest BCUT2D eigenvalue weighted by atomic mass is 9.74. The Morgan fingerprint density at radius 1 is 1.06 bits per heavy atom. The molecule has 0 aliphatic rings. The first kappa shape index (κ1) is 22.6. The molecule has 2 N–H and O–H groups in total. The number of hydrogen-bond acceptors (Lipinski definition) is 2. The van der Waals surface area contributed by atoms with E-state index in [0.717, 1.165) is 13.2 Å². The molecule has 0 aliphatic carbocycles. The summed E-state index contributed by atoms with van der Waals surface area (Å²) in [7, 11) is 0. The van der Waals surface area contributed by atoms with Gasteiger partial charge < -0.3 is 10.5 Å². The third-order valence-electron chi connectivity index (χ3n) is 2.61. The number of ether oxygens (including phenoxy) is 1. The first-order valence-electron chi connectivity index (χ1n) is 6.97. The molecule has 0 radical (unpaired) electrons. The molecule has 0 unspecified atom stereocenters. The van der Waals surface area contributed by atoms with Crippen LogP contribution in [0.5, 0.6) is 0 Å². The quantitative estimate of drug-likeness (QED) is 0.735. The van der Waals surface area contributed by atoms with Crippen LogP contribution in [0, 0.1) is 10.8 Å². The van der Waals surface area contributed by atoms with Gasteiger partial charge in [0.1, 0.15) is 0 Å². The Morgan fingerprint density at radius 3 is 1.72 bits per heavy atom. The van der Waals surface area contributed by atoms with E-state index in [4.69, 9.17) is 9.53 Å². The van der Waals surface area contributed by atoms with E-state index in [9.17, 15) is 0 Å². The fraction of sp³-hybridized carbons (Fsp3) is 0.933. The molecule has 0 saturated heterocycles. The Morgan fingerprint density at radius 2 is 1.44 bits per heavy atom. The Labute approximate surface area is 114 Å². The van der Waals surface area contributed by atoms with Crippen LogP contribution in [-0.2, 0) is 9.53 Å². The molecule has 3 nitrogen and oxygen atoms in total. The van der Waals surface area contributed by atoms with Crippen molar-refractivity contribution in [3.8, 4) is 0 Å². The van der Waals surface area contributed by atoms with Crippen molar-refractivity contribution in [2.75, 3.05) is 13.2 Å². The third-order valence-corrected chi connectivity index (χ3v) is 2.61. The molecule has 0 aromatic heterocycles. The van der Waals surface area contributed by atoms with Crippen molar-refractivity contribution < 1.29 is 9.53 Å². The summed E-state index contributed by atoms with van der Waals surface area (Å²) in [6, 6.07) is 0. The Bertz CT molecular complexity index is 177. The van der Waals surface area contributed by atoms with Crippen LogP contribution in [0.4, 0.5) is 0 Å². The molecule has 0 saturated carbocycles. The van der Waals surface area contributed by atoms with Gasteiger partial charge in [0.2, 0.25) is 6.41 Å². The number of nitrogens with two attached hydrogens (primary N) is 1. The molecule has 1 amide bonds. The van der Waals surface area contributed by atoms with Crippen molar-refractivity contribution >= 4 is 6.41 Å². The number of primary amides is 1. The van der Waals surface area contributed by atoms with Gasteiger partial charge in [0.25, 0.3) is 0 Å². The molecule has 0 aromatic carbocycles. The summed E-state index contributed by atoms with van der Waals surface area (Å²) in [5, 5.41) is 0. The van der Waals surface area contributed by atoms with Gasteiger partial charge in [-0.25, -0.2) is 0 Å². The molecule has 0 fully saturated rings. The van der Waals surface area contributed by atoms with Crippen LogP contribution in [0.15, 0.2) is 0 Å². The zero-order chi connectivity index (χ0) is 15.2. The van der Waals surface area contributed by atoms with Crippen LogP contribution < -0.4 is 5.73 Å². The zero-order valence-corrected chi connectivity index (χ0v) is 13.8. The van der Waals surface area contributed by atoms with Gasteiger partial charge in [-0.2, -0.15) is 0 Å². The molecule has 0 aliphatic heterocycles. The second kappa shape index (κ2) is 12.9. The molecule has 0 bridgehead atoms. The minimum absolute atomic E-state index is 0.250. The normalized spacial score (nSPS) is 10.7. The van der Waals surface area contributed by atoms with E-state index in [-0.39, 0.29) is 6.41 Å². The van der Waals surface area contributed by atoms with Gasteiger partial charge in [-0.15, -0.1) is 0 Å². The fourth-order valence-electron chi connectivity index (χ4n) is 1.85. The SMILES string of the molecule is CC.CCOCC(C)(C)CC(C)(C)CC.NC=O. The maximum atomic E-state index is 8.58. The van der Waals surface area contributed by atoms with Crippen LogP contribution in [0.2, 0.25) is 0 Å². The number of rotatable bonds is 6. The van der Waals surface area contributed by atoms with E-state index >= 15 is 0 Å². The molecule has 18 heavy (non-hydrogen) atoms. The molecule has 112 valence electrons. The fourth-order valence-corrected chi connectivity index (χ4v) is 1.85. The van der Waals surface area contributed by atoms with Crippen LogP contribution in [0.3, 0.4) is 0 Å². The summed E-state index contributed by atoms with van der Waals surface area (Å²) in [6.07, 6.45) is 2.72. The summed E-state index contributed by atoms with van der Waals surface area (Å²) in [4.78, 5) is 8.58. The molecule has 0 aromatic rings. The molecule has 0 spiro atoms. The average Bonchev–Trinajstić information content (AvgIpc) is 2.29. The van der Waals surface area contributed by atoms with E-state index < -0.39 is 0 Å². The number of carbonyl (C=O) groups excluding carboxylic acids is 1. The average molecular weight is 261 g/mol. The van der Waals surface area contributed by atoms with Gasteiger partial charge in [-0.1, -0.05) is 54.9 Å². The monoisotopic (exact) mass is 261 g/mol. The first-order valence-corrected chi connectivity index (χ1v) is 6.97. The highest BCUT2D eigenvalue weighted by molar-refractivity contribution is 5.42. The van der Waals surface area contributed by atoms with Crippen LogP contribution >= 0.6 is 0 Å². The summed E-state index contributed by atoms with van der Waals surface area (Å²) >= 11 is 0. The molecule has 0 atom stereocenters. The summed E-state index contributed by atoms with van der Waals surface area (Å²) < 4.78 is 5.49. The predicted octanol–water partition coefficient (Wildman–Crippen LogP) is 4.00. The highest BCUT2D eigenvalue weighted by atomic mass is 16.5. The van der Waals surface area contributed by atoms with Crippen molar-refractivity contribution in [2.45, 2.75) is 68.2 Å². The van der Waals surface area contributed by atoms with Crippen molar-refractivity contribution in [2.24, 2.45) is 16.6 Å². The van der Waals surface area contributed by atoms with E-state index in [2.05, 4.69) is 47.3 Å². The van der Waals surface area contributed by atoms with Gasteiger partial charge >= 0.3 is 0 Å². The minimum Gasteiger partial charge on any atom is -0.381 e. The lowest BCUT2D eigenvalue weighted by Gasteiger charge is -2.34. The van der Waals surface area contributed by atoms with Crippen molar-refractivity contribution in [3.63, 3.8) is 0 Å². The standard InChI is InChI=1S/C12H26O.C2H6.CH3NO/c1-7-11(3,4)9-12(5,6)10-13-8-2;1-2;2-1-3/h7-10H2,1-6H3;1-2H3;1H,(H2,2,3).